The Bertz CT molecular complexity index is 677. The number of methoxy groups -OCH3 is 1. The molecule has 0 spiro atoms. The molecule has 2 aromatic carbocycles. The summed E-state index contributed by atoms with van der Waals surface area (Å²) in [5, 5.41) is 6.15. The lowest BCUT2D eigenvalue weighted by Gasteiger charge is -2.11. The monoisotopic (exact) mass is 334 g/mol. The van der Waals surface area contributed by atoms with Crippen LogP contribution in [0.15, 0.2) is 42.5 Å². The van der Waals surface area contributed by atoms with Crippen molar-refractivity contribution in [2.24, 2.45) is 0 Å². The zero-order valence-electron chi connectivity index (χ0n) is 13.1. The van der Waals surface area contributed by atoms with E-state index in [0.29, 0.717) is 29.6 Å². The predicted octanol–water partition coefficient (Wildman–Crippen LogP) is 3.86. The highest BCUT2D eigenvalue weighted by molar-refractivity contribution is 6.31. The topological polar surface area (TPSA) is 59.6 Å². The molecule has 23 heavy (non-hydrogen) atoms. The van der Waals surface area contributed by atoms with Crippen LogP contribution < -0.4 is 20.1 Å². The van der Waals surface area contributed by atoms with E-state index in [1.807, 2.05) is 25.1 Å². The number of carbonyl (C=O) groups excluding carboxylic acids is 1. The molecule has 5 nitrogen and oxygen atoms in total. The van der Waals surface area contributed by atoms with Crippen LogP contribution in [0.25, 0.3) is 0 Å². The van der Waals surface area contributed by atoms with E-state index in [4.69, 9.17) is 21.1 Å². The number of nitrogens with one attached hydrogen (secondary N) is 2. The van der Waals surface area contributed by atoms with Gasteiger partial charge < -0.3 is 20.1 Å². The number of aryl methyl sites for hydroxylation is 1. The van der Waals surface area contributed by atoms with Gasteiger partial charge in [-0.2, -0.15) is 0 Å². The fourth-order valence-electron chi connectivity index (χ4n) is 1.95. The van der Waals surface area contributed by atoms with Crippen LogP contribution in [0.5, 0.6) is 11.5 Å². The van der Waals surface area contributed by atoms with Crippen LogP contribution in [-0.4, -0.2) is 26.3 Å². The van der Waals surface area contributed by atoms with Crippen molar-refractivity contribution in [2.45, 2.75) is 6.92 Å². The van der Waals surface area contributed by atoms with Gasteiger partial charge >= 0.3 is 6.03 Å². The van der Waals surface area contributed by atoms with Crippen LogP contribution in [0, 0.1) is 6.92 Å². The molecule has 0 aliphatic carbocycles. The molecule has 2 aromatic rings. The second-order valence-electron chi connectivity index (χ2n) is 4.84. The first-order valence-corrected chi connectivity index (χ1v) is 7.55. The van der Waals surface area contributed by atoms with E-state index in [1.165, 1.54) is 0 Å². The Balaban J connectivity index is 1.75. The third kappa shape index (κ3) is 5.07. The number of para-hydroxylation sites is 2. The van der Waals surface area contributed by atoms with Gasteiger partial charge in [0, 0.05) is 5.02 Å². The van der Waals surface area contributed by atoms with Crippen molar-refractivity contribution in [3.05, 3.63) is 53.1 Å². The third-order valence-electron chi connectivity index (χ3n) is 3.14. The largest absolute Gasteiger partial charge is 0.495 e. The van der Waals surface area contributed by atoms with E-state index < -0.39 is 0 Å². The molecule has 0 saturated carbocycles. The number of hydrogen-bond donors (Lipinski definition) is 2. The zero-order valence-corrected chi connectivity index (χ0v) is 13.8. The Morgan fingerprint density at radius 3 is 2.74 bits per heavy atom. The van der Waals surface area contributed by atoms with Crippen molar-refractivity contribution < 1.29 is 14.3 Å². The molecule has 2 amide bonds. The second kappa shape index (κ2) is 8.29. The highest BCUT2D eigenvalue weighted by atomic mass is 35.5. The molecular formula is C17H19ClN2O3. The molecule has 0 aliphatic rings. The minimum absolute atomic E-state index is 0.314. The molecule has 0 aliphatic heterocycles. The van der Waals surface area contributed by atoms with Gasteiger partial charge in [0.1, 0.15) is 18.1 Å². The summed E-state index contributed by atoms with van der Waals surface area (Å²) in [6.07, 6.45) is 0. The summed E-state index contributed by atoms with van der Waals surface area (Å²) in [6, 6.07) is 12.3. The van der Waals surface area contributed by atoms with Gasteiger partial charge in [0.25, 0.3) is 0 Å². The van der Waals surface area contributed by atoms with E-state index in [2.05, 4.69) is 10.6 Å². The summed E-state index contributed by atoms with van der Waals surface area (Å²) in [5.41, 5.74) is 1.56. The fraction of sp³-hybridized carbons (Fsp3) is 0.235. The molecule has 2 N–H and O–H groups in total. The standard InChI is InChI=1S/C17H19ClN2O3/c1-12-11-13(7-8-14(12)18)23-10-9-19-17(21)20-15-5-3-4-6-16(15)22-2/h3-8,11H,9-10H2,1-2H3,(H2,19,20,21). The summed E-state index contributed by atoms with van der Waals surface area (Å²) in [7, 11) is 1.56. The Hall–Kier alpha value is -2.40. The van der Waals surface area contributed by atoms with Crippen LogP contribution >= 0.6 is 11.6 Å². The summed E-state index contributed by atoms with van der Waals surface area (Å²) >= 11 is 5.95. The summed E-state index contributed by atoms with van der Waals surface area (Å²) in [6.45, 7) is 2.65. The first kappa shape index (κ1) is 17.0. The maximum Gasteiger partial charge on any atom is 0.319 e. The van der Waals surface area contributed by atoms with Crippen molar-refractivity contribution in [2.75, 3.05) is 25.6 Å². The lowest BCUT2D eigenvalue weighted by molar-refractivity contribution is 0.247. The average Bonchev–Trinajstić information content (AvgIpc) is 2.55. The van der Waals surface area contributed by atoms with Crippen molar-refractivity contribution in [1.82, 2.24) is 5.32 Å². The lowest BCUT2D eigenvalue weighted by Crippen LogP contribution is -2.32. The minimum Gasteiger partial charge on any atom is -0.495 e. The summed E-state index contributed by atoms with van der Waals surface area (Å²) < 4.78 is 10.7. The van der Waals surface area contributed by atoms with Crippen molar-refractivity contribution >= 4 is 23.3 Å². The number of amides is 2. The summed E-state index contributed by atoms with van der Waals surface area (Å²) in [4.78, 5) is 11.8. The number of ether oxygens (including phenoxy) is 2. The van der Waals surface area contributed by atoms with Gasteiger partial charge in [-0.05, 0) is 42.8 Å². The van der Waals surface area contributed by atoms with Crippen LogP contribution in [0.3, 0.4) is 0 Å². The van der Waals surface area contributed by atoms with Gasteiger partial charge in [-0.15, -0.1) is 0 Å². The molecule has 0 saturated heterocycles. The number of carbonyl (C=O) groups is 1. The number of halogens is 1. The van der Waals surface area contributed by atoms with E-state index in [0.717, 1.165) is 11.3 Å². The van der Waals surface area contributed by atoms with Gasteiger partial charge in [-0.25, -0.2) is 4.79 Å². The van der Waals surface area contributed by atoms with Crippen molar-refractivity contribution in [3.8, 4) is 11.5 Å². The smallest absolute Gasteiger partial charge is 0.319 e. The Kier molecular flexibility index (Phi) is 6.11. The van der Waals surface area contributed by atoms with Crippen molar-refractivity contribution in [3.63, 3.8) is 0 Å². The molecular weight excluding hydrogens is 316 g/mol. The van der Waals surface area contributed by atoms with Gasteiger partial charge in [0.15, 0.2) is 0 Å². The average molecular weight is 335 g/mol. The quantitative estimate of drug-likeness (QED) is 0.789. The first-order chi connectivity index (χ1) is 11.1. The predicted molar refractivity (Wildman–Crippen MR) is 91.7 cm³/mol. The number of anilines is 1. The molecule has 0 bridgehead atoms. The van der Waals surface area contributed by atoms with E-state index >= 15 is 0 Å². The lowest BCUT2D eigenvalue weighted by atomic mass is 10.2. The molecule has 2 rings (SSSR count). The normalized spacial score (nSPS) is 10.0. The van der Waals surface area contributed by atoms with E-state index in [-0.39, 0.29) is 6.03 Å². The highest BCUT2D eigenvalue weighted by Crippen LogP contribution is 2.23. The van der Waals surface area contributed by atoms with Gasteiger partial charge in [0.2, 0.25) is 0 Å². The molecule has 6 heteroatoms. The number of rotatable bonds is 6. The van der Waals surface area contributed by atoms with Gasteiger partial charge in [-0.1, -0.05) is 23.7 Å². The van der Waals surface area contributed by atoms with E-state index in [1.54, 1.807) is 31.4 Å². The molecule has 122 valence electrons. The molecule has 0 heterocycles. The van der Waals surface area contributed by atoms with Crippen molar-refractivity contribution in [1.29, 1.82) is 0 Å². The van der Waals surface area contributed by atoms with Gasteiger partial charge in [0.05, 0.1) is 19.3 Å². The second-order valence-corrected chi connectivity index (χ2v) is 5.25. The Labute approximate surface area is 140 Å². The number of benzene rings is 2. The van der Waals surface area contributed by atoms with E-state index in [9.17, 15) is 4.79 Å². The minimum atomic E-state index is -0.314. The van der Waals surface area contributed by atoms with Crippen LogP contribution in [0.4, 0.5) is 10.5 Å². The highest BCUT2D eigenvalue weighted by Gasteiger charge is 2.06. The SMILES string of the molecule is COc1ccccc1NC(=O)NCCOc1ccc(Cl)c(C)c1. The first-order valence-electron chi connectivity index (χ1n) is 7.17. The molecule has 0 fully saturated rings. The summed E-state index contributed by atoms with van der Waals surface area (Å²) in [5.74, 6) is 1.33. The van der Waals surface area contributed by atoms with Gasteiger partial charge in [-0.3, -0.25) is 0 Å². The molecule has 0 atom stereocenters. The van der Waals surface area contributed by atoms with Crippen LogP contribution in [-0.2, 0) is 0 Å². The molecule has 0 aromatic heterocycles. The Morgan fingerprint density at radius 1 is 1.22 bits per heavy atom. The number of hydrogen-bond acceptors (Lipinski definition) is 3. The molecule has 0 radical (unpaired) electrons. The van der Waals surface area contributed by atoms with Crippen LogP contribution in [0.1, 0.15) is 5.56 Å². The zero-order chi connectivity index (χ0) is 16.7. The molecule has 0 unspecified atom stereocenters. The van der Waals surface area contributed by atoms with Crippen LogP contribution in [0.2, 0.25) is 5.02 Å². The third-order valence-corrected chi connectivity index (χ3v) is 3.57. The number of urea groups is 1. The maximum absolute atomic E-state index is 11.8. The Morgan fingerprint density at radius 2 is 2.00 bits per heavy atom. The fourth-order valence-corrected chi connectivity index (χ4v) is 2.07. The maximum atomic E-state index is 11.8.